The molecule has 1 aliphatic carbocycles. The molecule has 27 heavy (non-hydrogen) atoms. The highest BCUT2D eigenvalue weighted by atomic mass is 35.5. The van der Waals surface area contributed by atoms with Crippen LogP contribution in [0.5, 0.6) is 0 Å². The first-order valence-electron chi connectivity index (χ1n) is 8.76. The Morgan fingerprint density at radius 3 is 2.74 bits per heavy atom. The number of nitrogens with zero attached hydrogens (tertiary/aromatic N) is 5. The minimum Gasteiger partial charge on any atom is -0.347 e. The minimum atomic E-state index is 0.452. The number of aromatic amines is 1. The van der Waals surface area contributed by atoms with E-state index >= 15 is 0 Å². The molecule has 138 valence electrons. The van der Waals surface area contributed by atoms with Crippen LogP contribution in [0.1, 0.15) is 35.8 Å². The molecule has 8 heteroatoms. The number of aromatic nitrogens is 5. The first-order chi connectivity index (χ1) is 13.1. The summed E-state index contributed by atoms with van der Waals surface area (Å²) in [7, 11) is 3.78. The van der Waals surface area contributed by atoms with Crippen LogP contribution in [-0.2, 0) is 0 Å². The van der Waals surface area contributed by atoms with Crippen LogP contribution in [-0.4, -0.2) is 39.2 Å². The lowest BCUT2D eigenvalue weighted by Crippen LogP contribution is -2.15. The number of benzene rings is 1. The van der Waals surface area contributed by atoms with Crippen LogP contribution in [0.4, 0.5) is 17.7 Å². The predicted molar refractivity (Wildman–Crippen MR) is 108 cm³/mol. The summed E-state index contributed by atoms with van der Waals surface area (Å²) in [6.07, 6.45) is 6.20. The monoisotopic (exact) mass is 381 g/mol. The van der Waals surface area contributed by atoms with E-state index in [0.29, 0.717) is 34.5 Å². The zero-order valence-electron chi connectivity index (χ0n) is 15.1. The van der Waals surface area contributed by atoms with Gasteiger partial charge in [0.05, 0.1) is 0 Å². The van der Waals surface area contributed by atoms with Crippen LogP contribution in [0, 0.1) is 0 Å². The first kappa shape index (κ1) is 17.5. The summed E-state index contributed by atoms with van der Waals surface area (Å²) in [6, 6.07) is 9.61. The van der Waals surface area contributed by atoms with Gasteiger partial charge >= 0.3 is 0 Å². The average Bonchev–Trinajstić information content (AvgIpc) is 3.40. The number of halogens is 1. The van der Waals surface area contributed by atoms with Gasteiger partial charge in [-0.2, -0.15) is 20.1 Å². The first-order valence-corrected chi connectivity index (χ1v) is 9.14. The van der Waals surface area contributed by atoms with Crippen molar-refractivity contribution >= 4 is 41.5 Å². The van der Waals surface area contributed by atoms with E-state index in [1.807, 2.05) is 61.5 Å². The van der Waals surface area contributed by atoms with Crippen molar-refractivity contribution in [3.63, 3.8) is 0 Å². The lowest BCUT2D eigenvalue weighted by atomic mass is 10.2. The Kier molecular flexibility index (Phi) is 4.77. The maximum Gasteiger partial charge on any atom is 0.233 e. The molecule has 2 heterocycles. The number of rotatable bonds is 6. The van der Waals surface area contributed by atoms with Gasteiger partial charge in [-0.3, -0.25) is 5.10 Å². The third kappa shape index (κ3) is 4.43. The van der Waals surface area contributed by atoms with Gasteiger partial charge in [0, 0.05) is 36.8 Å². The molecule has 3 aromatic rings. The molecule has 2 aromatic heterocycles. The molecule has 2 N–H and O–H groups in total. The van der Waals surface area contributed by atoms with E-state index in [1.54, 1.807) is 0 Å². The van der Waals surface area contributed by atoms with Gasteiger partial charge in [-0.1, -0.05) is 29.8 Å². The van der Waals surface area contributed by atoms with E-state index in [1.165, 1.54) is 12.8 Å². The fourth-order valence-electron chi connectivity index (χ4n) is 2.61. The van der Waals surface area contributed by atoms with Gasteiger partial charge < -0.3 is 10.2 Å². The molecule has 0 amide bonds. The molecule has 1 aliphatic rings. The molecule has 1 saturated carbocycles. The highest BCUT2D eigenvalue weighted by Gasteiger charge is 2.25. The molecular weight excluding hydrogens is 362 g/mol. The Hall–Kier alpha value is -2.93. The molecule has 0 unspecified atom stereocenters. The van der Waals surface area contributed by atoms with Crippen LogP contribution < -0.4 is 10.2 Å². The van der Waals surface area contributed by atoms with Gasteiger partial charge in [0.1, 0.15) is 0 Å². The van der Waals surface area contributed by atoms with Crippen molar-refractivity contribution in [1.82, 2.24) is 25.1 Å². The van der Waals surface area contributed by atoms with Crippen LogP contribution >= 0.6 is 11.6 Å². The third-order valence-electron chi connectivity index (χ3n) is 4.17. The molecule has 0 aliphatic heterocycles. The normalized spacial score (nSPS) is 13.9. The van der Waals surface area contributed by atoms with E-state index in [0.717, 1.165) is 11.3 Å². The smallest absolute Gasteiger partial charge is 0.233 e. The van der Waals surface area contributed by atoms with Crippen molar-refractivity contribution in [3.05, 3.63) is 52.4 Å². The molecular formula is C19H20ClN7. The van der Waals surface area contributed by atoms with Gasteiger partial charge in [-0.25, -0.2) is 0 Å². The predicted octanol–water partition coefficient (Wildman–Crippen LogP) is 4.11. The van der Waals surface area contributed by atoms with Gasteiger partial charge in [0.2, 0.25) is 11.9 Å². The van der Waals surface area contributed by atoms with E-state index < -0.39 is 0 Å². The summed E-state index contributed by atoms with van der Waals surface area (Å²) in [6.45, 7) is 0. The van der Waals surface area contributed by atoms with Crippen LogP contribution in [0.25, 0.3) is 12.2 Å². The third-order valence-corrected chi connectivity index (χ3v) is 4.40. The lowest BCUT2D eigenvalue weighted by Gasteiger charge is -2.11. The van der Waals surface area contributed by atoms with E-state index in [-0.39, 0.29) is 0 Å². The van der Waals surface area contributed by atoms with E-state index in [4.69, 9.17) is 11.6 Å². The van der Waals surface area contributed by atoms with Gasteiger partial charge in [-0.15, -0.1) is 0 Å². The second kappa shape index (κ2) is 7.36. The number of anilines is 3. The van der Waals surface area contributed by atoms with Crippen LogP contribution in [0.15, 0.2) is 30.3 Å². The highest BCUT2D eigenvalue weighted by molar-refractivity contribution is 6.30. The summed E-state index contributed by atoms with van der Waals surface area (Å²) >= 11 is 6.04. The summed E-state index contributed by atoms with van der Waals surface area (Å²) in [5, 5.41) is 11.2. The zero-order chi connectivity index (χ0) is 18.8. The van der Waals surface area contributed by atoms with Gasteiger partial charge in [0.25, 0.3) is 0 Å². The molecule has 1 aromatic carbocycles. The molecule has 0 saturated heterocycles. The zero-order valence-corrected chi connectivity index (χ0v) is 15.9. The van der Waals surface area contributed by atoms with E-state index in [9.17, 15) is 0 Å². The lowest BCUT2D eigenvalue weighted by molar-refractivity contribution is 0.944. The Morgan fingerprint density at radius 2 is 2.00 bits per heavy atom. The Bertz CT molecular complexity index is 976. The Balaban J connectivity index is 1.59. The molecule has 1 fully saturated rings. The summed E-state index contributed by atoms with van der Waals surface area (Å²) in [4.78, 5) is 15.2. The van der Waals surface area contributed by atoms with Crippen molar-refractivity contribution in [2.45, 2.75) is 18.8 Å². The molecule has 0 radical (unpaired) electrons. The summed E-state index contributed by atoms with van der Waals surface area (Å²) in [5.41, 5.74) is 2.13. The topological polar surface area (TPSA) is 82.6 Å². The van der Waals surface area contributed by atoms with Crippen molar-refractivity contribution in [2.75, 3.05) is 24.3 Å². The van der Waals surface area contributed by atoms with Crippen molar-refractivity contribution in [3.8, 4) is 0 Å². The maximum absolute atomic E-state index is 6.04. The fraction of sp³-hybridized carbons (Fsp3) is 0.263. The van der Waals surface area contributed by atoms with Crippen LogP contribution in [0.3, 0.4) is 0 Å². The number of nitrogens with one attached hydrogen (secondary N) is 2. The maximum atomic E-state index is 6.04. The fourth-order valence-corrected chi connectivity index (χ4v) is 2.81. The largest absolute Gasteiger partial charge is 0.347 e. The van der Waals surface area contributed by atoms with Gasteiger partial charge in [-0.05, 0) is 36.6 Å². The summed E-state index contributed by atoms with van der Waals surface area (Å²) in [5.74, 6) is 2.89. The summed E-state index contributed by atoms with van der Waals surface area (Å²) < 4.78 is 0. The van der Waals surface area contributed by atoms with Crippen LogP contribution in [0.2, 0.25) is 5.02 Å². The molecule has 0 bridgehead atoms. The number of H-pyrrole nitrogens is 1. The standard InChI is InChI=1S/C19H20ClN7/c1-27(2)19-23-16(9-6-12-4-3-5-14(20)10-12)21-18(24-19)22-17-11-15(25-26-17)13-7-8-13/h3-6,9-11,13H,7-8H2,1-2H3,(H2,21,22,23,24,25,26)/b9-6+. The SMILES string of the molecule is CN(C)c1nc(/C=C/c2cccc(Cl)c2)nc(Nc2cc(C3CC3)[nH]n2)n1. The second-order valence-corrected chi connectivity index (χ2v) is 7.14. The second-order valence-electron chi connectivity index (χ2n) is 6.71. The van der Waals surface area contributed by atoms with Crippen molar-refractivity contribution < 1.29 is 0 Å². The molecule has 0 spiro atoms. The number of hydrogen-bond acceptors (Lipinski definition) is 6. The highest BCUT2D eigenvalue weighted by Crippen LogP contribution is 2.39. The Labute approximate surface area is 162 Å². The molecule has 4 rings (SSSR count). The molecule has 7 nitrogen and oxygen atoms in total. The van der Waals surface area contributed by atoms with Crippen molar-refractivity contribution in [1.29, 1.82) is 0 Å². The molecule has 0 atom stereocenters. The van der Waals surface area contributed by atoms with E-state index in [2.05, 4.69) is 30.5 Å². The average molecular weight is 382 g/mol. The quantitative estimate of drug-likeness (QED) is 0.668. The number of hydrogen-bond donors (Lipinski definition) is 2. The van der Waals surface area contributed by atoms with Crippen molar-refractivity contribution in [2.24, 2.45) is 0 Å². The minimum absolute atomic E-state index is 0.452. The Morgan fingerprint density at radius 1 is 1.15 bits per heavy atom. The van der Waals surface area contributed by atoms with Gasteiger partial charge in [0.15, 0.2) is 11.6 Å².